The monoisotopic (exact) mass is 145 g/mol. The van der Waals surface area contributed by atoms with Gasteiger partial charge in [0.15, 0.2) is 0 Å². The highest BCUT2D eigenvalue weighted by atomic mass is 33.1. The van der Waals surface area contributed by atoms with Gasteiger partial charge in [0.1, 0.15) is 0 Å². The van der Waals surface area contributed by atoms with Crippen LogP contribution in [0.25, 0.3) is 0 Å². The largest absolute Gasteiger partial charge is 0.481 e. The molecule has 0 fully saturated rings. The minimum absolute atomic E-state index is 0. The van der Waals surface area contributed by atoms with E-state index in [1.807, 2.05) is 0 Å². The van der Waals surface area contributed by atoms with E-state index in [0.717, 1.165) is 0 Å². The molecule has 0 radical (unpaired) electrons. The number of rotatable bonds is 0. The highest BCUT2D eigenvalue weighted by Gasteiger charge is 1.13. The summed E-state index contributed by atoms with van der Waals surface area (Å²) < 4.78 is 7.71. The van der Waals surface area contributed by atoms with Crippen LogP contribution in [-0.4, -0.2) is 15.5 Å². The molecule has 0 saturated heterocycles. The van der Waals surface area contributed by atoms with Crippen molar-refractivity contribution in [1.82, 2.24) is 0 Å². The Morgan fingerprint density at radius 2 is 1.40 bits per heavy atom. The molecule has 0 aromatic heterocycles. The molecule has 5 heteroatoms. The minimum Gasteiger partial charge on any atom is -0.481 e. The molecule has 0 unspecified atom stereocenters. The van der Waals surface area contributed by atoms with Gasteiger partial charge in [-0.2, -0.15) is 0 Å². The molecule has 0 rings (SSSR count). The fourth-order valence-electron chi connectivity index (χ4n) is 0. The second-order valence-corrected chi connectivity index (χ2v) is 3.18. The maximum absolute atomic E-state index is 7.71. The van der Waals surface area contributed by atoms with Crippen molar-refractivity contribution in [3.8, 4) is 0 Å². The van der Waals surface area contributed by atoms with Gasteiger partial charge in [-0.1, -0.05) is 0 Å². The van der Waals surface area contributed by atoms with Crippen molar-refractivity contribution in [2.24, 2.45) is 0 Å². The van der Waals surface area contributed by atoms with Crippen LogP contribution in [0.3, 0.4) is 0 Å². The predicted molar refractivity (Wildman–Crippen MR) is 36.1 cm³/mol. The molecule has 0 aliphatic heterocycles. The van der Waals surface area contributed by atoms with Crippen molar-refractivity contribution in [2.45, 2.75) is 0 Å². The molecular formula is H5OS3Si-. The van der Waals surface area contributed by atoms with Crippen molar-refractivity contribution in [2.75, 3.05) is 0 Å². The molecule has 0 heterocycles. The molecule has 0 aromatic rings. The van der Waals surface area contributed by atoms with Crippen LogP contribution in [-0.2, 0) is 30.7 Å². The first kappa shape index (κ1) is 9.35. The van der Waals surface area contributed by atoms with Crippen LogP contribution < -0.4 is 0 Å². The average molecular weight is 145 g/mol. The first-order valence-corrected chi connectivity index (χ1v) is 3.55. The van der Waals surface area contributed by atoms with E-state index in [4.69, 9.17) is 4.55 Å². The SMILES string of the molecule is O[S-](=S)=S.[SiH4]. The zero-order valence-corrected chi connectivity index (χ0v) is 4.12. The van der Waals surface area contributed by atoms with Gasteiger partial charge in [-0.15, -0.1) is 0 Å². The lowest BCUT2D eigenvalue weighted by Crippen LogP contribution is -1.50. The van der Waals surface area contributed by atoms with Gasteiger partial charge in [-0.05, 0) is 11.0 Å². The van der Waals surface area contributed by atoms with Crippen LogP contribution in [0.15, 0.2) is 0 Å². The molecule has 0 saturated carbocycles. The zero-order chi connectivity index (χ0) is 3.58. The summed E-state index contributed by atoms with van der Waals surface area (Å²) in [4.78, 5) is 0. The summed E-state index contributed by atoms with van der Waals surface area (Å²) in [5.74, 6) is 0. The van der Waals surface area contributed by atoms with E-state index in [1.54, 1.807) is 0 Å². The van der Waals surface area contributed by atoms with Gasteiger partial charge in [-0.25, -0.2) is 30.7 Å². The molecule has 1 nitrogen and oxygen atoms in total. The topological polar surface area (TPSA) is 20.2 Å². The van der Waals surface area contributed by atoms with E-state index in [1.165, 1.54) is 0 Å². The van der Waals surface area contributed by atoms with Crippen molar-refractivity contribution in [3.05, 3.63) is 0 Å². The smallest absolute Gasteiger partial charge is 0.0149 e. The van der Waals surface area contributed by atoms with E-state index >= 15 is 0 Å². The van der Waals surface area contributed by atoms with E-state index in [-0.39, 0.29) is 11.0 Å². The van der Waals surface area contributed by atoms with Crippen molar-refractivity contribution in [1.29, 1.82) is 0 Å². The van der Waals surface area contributed by atoms with Crippen molar-refractivity contribution in [3.63, 3.8) is 0 Å². The first-order valence-electron chi connectivity index (χ1n) is 0.516. The fraction of sp³-hybridized carbons (Fsp3) is 0. The predicted octanol–water partition coefficient (Wildman–Crippen LogP) is -1.45. The third kappa shape index (κ3) is 46.8. The summed E-state index contributed by atoms with van der Waals surface area (Å²) in [6.07, 6.45) is 0. The van der Waals surface area contributed by atoms with Gasteiger partial charge in [0.05, 0.1) is 0 Å². The third-order valence-corrected chi connectivity index (χ3v) is 0. The Balaban J connectivity index is 0. The van der Waals surface area contributed by atoms with Gasteiger partial charge in [0, 0.05) is 0 Å². The van der Waals surface area contributed by atoms with E-state index < -0.39 is 8.29 Å². The Labute approximate surface area is 46.5 Å². The second kappa shape index (κ2) is 4.97. The molecule has 0 aliphatic rings. The molecule has 0 amide bonds. The number of hydrogen-bond donors (Lipinski definition) is 1. The van der Waals surface area contributed by atoms with E-state index in [9.17, 15) is 0 Å². The Hall–Kier alpha value is 0.967. The summed E-state index contributed by atoms with van der Waals surface area (Å²) in [6, 6.07) is 0. The summed E-state index contributed by atoms with van der Waals surface area (Å²) in [5, 5.41) is 0. The van der Waals surface area contributed by atoms with Crippen LogP contribution >= 0.6 is 0 Å². The number of hydrogen-bond acceptors (Lipinski definition) is 3. The third-order valence-electron chi connectivity index (χ3n) is 0. The van der Waals surface area contributed by atoms with Gasteiger partial charge < -0.3 is 4.55 Å². The summed E-state index contributed by atoms with van der Waals surface area (Å²) in [5.41, 5.74) is 0. The lowest BCUT2D eigenvalue weighted by Gasteiger charge is -1.71. The average Bonchev–Trinajstić information content (AvgIpc) is 0.811. The summed E-state index contributed by atoms with van der Waals surface area (Å²) >= 11 is 8.04. The fourth-order valence-corrected chi connectivity index (χ4v) is 0. The normalized spacial score (nSPS) is 6.80. The standard InChI is InChI=1S/HOS3.H4Si/c1-4(2)3;/h(H,1,2,3);1H4/q-1;. The lowest BCUT2D eigenvalue weighted by molar-refractivity contribution is 0.671. The van der Waals surface area contributed by atoms with Crippen molar-refractivity contribution < 1.29 is 4.55 Å². The van der Waals surface area contributed by atoms with Gasteiger partial charge in [0.25, 0.3) is 0 Å². The molecule has 0 atom stereocenters. The molecule has 1 N–H and O–H groups in total. The van der Waals surface area contributed by atoms with E-state index in [0.29, 0.717) is 0 Å². The van der Waals surface area contributed by atoms with Crippen LogP contribution in [0.1, 0.15) is 0 Å². The maximum atomic E-state index is 7.71. The molecule has 5 heavy (non-hydrogen) atoms. The second-order valence-electron chi connectivity index (χ2n) is 0.217. The van der Waals surface area contributed by atoms with E-state index in [2.05, 4.69) is 22.4 Å². The first-order chi connectivity index (χ1) is 1.73. The molecule has 0 bridgehead atoms. The Kier molecular flexibility index (Phi) is 9.29. The highest BCUT2D eigenvalue weighted by molar-refractivity contribution is 8.43. The van der Waals surface area contributed by atoms with Crippen LogP contribution in [0.4, 0.5) is 0 Å². The van der Waals surface area contributed by atoms with Crippen LogP contribution in [0.5, 0.6) is 0 Å². The zero-order valence-electron chi connectivity index (χ0n) is 1.67. The minimum atomic E-state index is -1.19. The summed E-state index contributed by atoms with van der Waals surface area (Å²) in [7, 11) is -1.19. The molecule has 0 aliphatic carbocycles. The highest BCUT2D eigenvalue weighted by Crippen LogP contribution is 1.35. The Morgan fingerprint density at radius 1 is 1.40 bits per heavy atom. The molecular weight excluding hydrogens is 140 g/mol. The molecule has 0 spiro atoms. The quantitative estimate of drug-likeness (QED) is 0.333. The Bertz CT molecular complexity index is 55.3. The van der Waals surface area contributed by atoms with Crippen LogP contribution in [0.2, 0.25) is 0 Å². The van der Waals surface area contributed by atoms with Gasteiger partial charge in [0.2, 0.25) is 0 Å². The Morgan fingerprint density at radius 3 is 1.40 bits per heavy atom. The van der Waals surface area contributed by atoms with Gasteiger partial charge in [-0.3, -0.25) is 0 Å². The summed E-state index contributed by atoms with van der Waals surface area (Å²) in [6.45, 7) is 0. The molecule has 34 valence electrons. The molecule has 0 aromatic carbocycles. The van der Waals surface area contributed by atoms with Crippen LogP contribution in [0, 0.1) is 0 Å². The van der Waals surface area contributed by atoms with Crippen molar-refractivity contribution >= 4 is 41.6 Å². The van der Waals surface area contributed by atoms with Gasteiger partial charge >= 0.3 is 0 Å². The lowest BCUT2D eigenvalue weighted by atomic mass is 15.9. The maximum Gasteiger partial charge on any atom is -0.0149 e.